The van der Waals surface area contributed by atoms with E-state index in [1.807, 2.05) is 11.8 Å². The van der Waals surface area contributed by atoms with E-state index in [1.54, 1.807) is 0 Å². The number of nitrogens with one attached hydrogen (secondary N) is 2. The average molecular weight is 283 g/mol. The molecule has 0 aliphatic carbocycles. The molecule has 0 spiro atoms. The summed E-state index contributed by atoms with van der Waals surface area (Å²) in [5, 5.41) is 6.33. The summed E-state index contributed by atoms with van der Waals surface area (Å²) in [6.45, 7) is 8.51. The highest BCUT2D eigenvalue weighted by Crippen LogP contribution is 2.12. The van der Waals surface area contributed by atoms with Crippen molar-refractivity contribution in [3.63, 3.8) is 0 Å². The van der Waals surface area contributed by atoms with Crippen LogP contribution in [-0.2, 0) is 9.59 Å². The Morgan fingerprint density at radius 1 is 1.25 bits per heavy atom. The summed E-state index contributed by atoms with van der Waals surface area (Å²) < 4.78 is 0. The molecule has 0 aromatic carbocycles. The number of nitrogens with zero attached hydrogens (tertiary/aromatic N) is 1. The van der Waals surface area contributed by atoms with Gasteiger partial charge in [-0.25, -0.2) is 0 Å². The molecule has 0 unspecified atom stereocenters. The molecule has 0 radical (unpaired) electrons. The Morgan fingerprint density at radius 3 is 2.45 bits per heavy atom. The number of likely N-dealkylation sites (tertiary alicyclic amines) is 1. The molecule has 20 heavy (non-hydrogen) atoms. The third-order valence-corrected chi connectivity index (χ3v) is 3.65. The van der Waals surface area contributed by atoms with E-state index >= 15 is 0 Å². The summed E-state index contributed by atoms with van der Waals surface area (Å²) in [5.74, 6) is 0.352. The molecule has 0 aromatic heterocycles. The second-order valence-corrected chi connectivity index (χ2v) is 5.79. The second kappa shape index (κ2) is 8.95. The molecule has 1 aliphatic heterocycles. The Balaban J connectivity index is 2.17. The van der Waals surface area contributed by atoms with Gasteiger partial charge in [-0.05, 0) is 25.8 Å². The third kappa shape index (κ3) is 6.37. The van der Waals surface area contributed by atoms with Crippen molar-refractivity contribution in [2.75, 3.05) is 19.6 Å². The fourth-order valence-electron chi connectivity index (χ4n) is 2.39. The van der Waals surface area contributed by atoms with Crippen LogP contribution in [0.1, 0.15) is 52.9 Å². The lowest BCUT2D eigenvalue weighted by atomic mass is 10.0. The highest BCUT2D eigenvalue weighted by Gasteiger charge is 2.22. The third-order valence-electron chi connectivity index (χ3n) is 3.65. The smallest absolute Gasteiger partial charge is 0.222 e. The van der Waals surface area contributed by atoms with Crippen molar-refractivity contribution >= 4 is 11.8 Å². The summed E-state index contributed by atoms with van der Waals surface area (Å²) in [4.78, 5) is 25.3. The van der Waals surface area contributed by atoms with Crippen molar-refractivity contribution in [1.82, 2.24) is 15.5 Å². The lowest BCUT2D eigenvalue weighted by Crippen LogP contribution is -2.46. The molecular formula is C15H29N3O2. The van der Waals surface area contributed by atoms with Crippen LogP contribution in [0.15, 0.2) is 0 Å². The van der Waals surface area contributed by atoms with Crippen molar-refractivity contribution in [1.29, 1.82) is 0 Å². The first kappa shape index (κ1) is 17.0. The molecule has 0 atom stereocenters. The summed E-state index contributed by atoms with van der Waals surface area (Å²) in [5.41, 5.74) is 0. The molecule has 5 heteroatoms. The van der Waals surface area contributed by atoms with Crippen LogP contribution in [0.4, 0.5) is 0 Å². The van der Waals surface area contributed by atoms with Crippen LogP contribution in [-0.4, -0.2) is 48.4 Å². The van der Waals surface area contributed by atoms with Crippen molar-refractivity contribution in [3.8, 4) is 0 Å². The molecule has 1 fully saturated rings. The molecule has 5 nitrogen and oxygen atoms in total. The number of carbonyl (C=O) groups is 2. The van der Waals surface area contributed by atoms with Gasteiger partial charge in [0.15, 0.2) is 0 Å². The molecule has 2 N–H and O–H groups in total. The maximum Gasteiger partial charge on any atom is 0.222 e. The first-order valence-corrected chi connectivity index (χ1v) is 7.83. The maximum absolute atomic E-state index is 12.0. The lowest BCUT2D eigenvalue weighted by molar-refractivity contribution is -0.132. The molecule has 1 heterocycles. The van der Waals surface area contributed by atoms with Crippen molar-refractivity contribution in [2.45, 2.75) is 65.0 Å². The van der Waals surface area contributed by atoms with E-state index in [2.05, 4.69) is 24.5 Å². The van der Waals surface area contributed by atoms with E-state index in [0.717, 1.165) is 38.9 Å². The zero-order chi connectivity index (χ0) is 15.0. The molecule has 2 amide bonds. The van der Waals surface area contributed by atoms with Crippen molar-refractivity contribution in [3.05, 3.63) is 0 Å². The van der Waals surface area contributed by atoms with Crippen LogP contribution in [0.25, 0.3) is 0 Å². The highest BCUT2D eigenvalue weighted by molar-refractivity contribution is 5.77. The Labute approximate surface area is 122 Å². The Kier molecular flexibility index (Phi) is 7.59. The fraction of sp³-hybridized carbons (Fsp3) is 0.867. The molecule has 0 bridgehead atoms. The van der Waals surface area contributed by atoms with E-state index in [-0.39, 0.29) is 17.9 Å². The summed E-state index contributed by atoms with van der Waals surface area (Å²) in [6.07, 6.45) is 3.79. The Hall–Kier alpha value is -1.10. The highest BCUT2D eigenvalue weighted by atomic mass is 16.2. The predicted octanol–water partition coefficient (Wildman–Crippen LogP) is 1.28. The van der Waals surface area contributed by atoms with Crippen LogP contribution in [0.5, 0.6) is 0 Å². The van der Waals surface area contributed by atoms with E-state index < -0.39 is 0 Å². The minimum atomic E-state index is 0.106. The largest absolute Gasteiger partial charge is 0.353 e. The minimum absolute atomic E-state index is 0.106. The number of amides is 2. The zero-order valence-electron chi connectivity index (χ0n) is 13.1. The molecule has 116 valence electrons. The predicted molar refractivity (Wildman–Crippen MR) is 80.4 cm³/mol. The van der Waals surface area contributed by atoms with Crippen molar-refractivity contribution in [2.24, 2.45) is 0 Å². The van der Waals surface area contributed by atoms with Crippen LogP contribution >= 0.6 is 0 Å². The molecule has 0 saturated carbocycles. The van der Waals surface area contributed by atoms with E-state index in [1.165, 1.54) is 0 Å². The van der Waals surface area contributed by atoms with Gasteiger partial charge in [-0.1, -0.05) is 20.8 Å². The first-order valence-electron chi connectivity index (χ1n) is 7.83. The summed E-state index contributed by atoms with van der Waals surface area (Å²) >= 11 is 0. The Morgan fingerprint density at radius 2 is 1.90 bits per heavy atom. The zero-order valence-corrected chi connectivity index (χ0v) is 13.1. The molecular weight excluding hydrogens is 254 g/mol. The number of rotatable bonds is 7. The van der Waals surface area contributed by atoms with E-state index in [0.29, 0.717) is 18.9 Å². The van der Waals surface area contributed by atoms with Gasteiger partial charge in [0.2, 0.25) is 11.8 Å². The minimum Gasteiger partial charge on any atom is -0.353 e. The van der Waals surface area contributed by atoms with Crippen molar-refractivity contribution < 1.29 is 9.59 Å². The summed E-state index contributed by atoms with van der Waals surface area (Å²) in [6, 6.07) is 0.720. The Bertz CT molecular complexity index is 310. The quantitative estimate of drug-likeness (QED) is 0.692. The van der Waals surface area contributed by atoms with Gasteiger partial charge < -0.3 is 15.5 Å². The van der Waals surface area contributed by atoms with Crippen LogP contribution in [0.2, 0.25) is 0 Å². The topological polar surface area (TPSA) is 61.4 Å². The van der Waals surface area contributed by atoms with E-state index in [9.17, 15) is 9.59 Å². The monoisotopic (exact) mass is 283 g/mol. The SMILES string of the molecule is CCC(=O)NC1CCN(C(=O)CCCNC(C)C)CC1. The van der Waals surface area contributed by atoms with Gasteiger partial charge in [-0.3, -0.25) is 9.59 Å². The van der Waals surface area contributed by atoms with E-state index in [4.69, 9.17) is 0 Å². The maximum atomic E-state index is 12.0. The normalized spacial score (nSPS) is 16.5. The van der Waals surface area contributed by atoms with Gasteiger partial charge in [-0.15, -0.1) is 0 Å². The van der Waals surface area contributed by atoms with Crippen LogP contribution < -0.4 is 10.6 Å². The molecule has 1 aliphatic rings. The van der Waals surface area contributed by atoms with Gasteiger partial charge in [0.05, 0.1) is 0 Å². The second-order valence-electron chi connectivity index (χ2n) is 5.79. The van der Waals surface area contributed by atoms with Gasteiger partial charge in [0, 0.05) is 38.0 Å². The lowest BCUT2D eigenvalue weighted by Gasteiger charge is -2.32. The van der Waals surface area contributed by atoms with Gasteiger partial charge in [-0.2, -0.15) is 0 Å². The van der Waals surface area contributed by atoms with Crippen LogP contribution in [0.3, 0.4) is 0 Å². The number of hydrogen-bond donors (Lipinski definition) is 2. The van der Waals surface area contributed by atoms with Gasteiger partial charge in [0.25, 0.3) is 0 Å². The fourth-order valence-corrected chi connectivity index (χ4v) is 2.39. The number of hydrogen-bond acceptors (Lipinski definition) is 3. The molecule has 1 saturated heterocycles. The average Bonchev–Trinajstić information content (AvgIpc) is 2.43. The first-order chi connectivity index (χ1) is 9.52. The molecule has 0 aromatic rings. The van der Waals surface area contributed by atoms with Gasteiger partial charge in [0.1, 0.15) is 0 Å². The van der Waals surface area contributed by atoms with Crippen LogP contribution in [0, 0.1) is 0 Å². The standard InChI is InChI=1S/C15H29N3O2/c1-4-14(19)17-13-7-10-18(11-8-13)15(20)6-5-9-16-12(2)3/h12-13,16H,4-11H2,1-3H3,(H,17,19). The number of piperidine rings is 1. The number of carbonyl (C=O) groups excluding carboxylic acids is 2. The summed E-state index contributed by atoms with van der Waals surface area (Å²) in [7, 11) is 0. The molecule has 1 rings (SSSR count). The van der Waals surface area contributed by atoms with Gasteiger partial charge >= 0.3 is 0 Å².